The summed E-state index contributed by atoms with van der Waals surface area (Å²) in [6.45, 7) is -0.245. The Labute approximate surface area is 193 Å². The summed E-state index contributed by atoms with van der Waals surface area (Å²) in [6.07, 6.45) is -3.27. The quantitative estimate of drug-likeness (QED) is 0.327. The number of aliphatic hydroxyl groups is 2. The minimum atomic E-state index is -3.91. The number of fused-ring (bicyclic) bond motifs is 2. The summed E-state index contributed by atoms with van der Waals surface area (Å²) < 4.78 is 35.4. The largest absolute Gasteiger partial charge is 0.388 e. The summed E-state index contributed by atoms with van der Waals surface area (Å²) in [7, 11) is -3.91. The molecule has 1 aliphatic rings. The highest BCUT2D eigenvalue weighted by atomic mass is 35.5. The fourth-order valence-corrected chi connectivity index (χ4v) is 5.34. The number of nitrogens with one attached hydrogen (secondary N) is 1. The number of rotatable bonds is 5. The number of hydrogen-bond donors (Lipinski definition) is 4. The number of nitrogens with zero attached hydrogens (tertiary/aromatic N) is 3. The lowest BCUT2D eigenvalue weighted by molar-refractivity contribution is 0.00680. The number of hydrogen-bond acceptors (Lipinski definition) is 8. The first-order valence-corrected chi connectivity index (χ1v) is 11.9. The van der Waals surface area contributed by atoms with Gasteiger partial charge >= 0.3 is 0 Å². The Morgan fingerprint density at radius 1 is 1.15 bits per heavy atom. The van der Waals surface area contributed by atoms with Crippen molar-refractivity contribution in [3.63, 3.8) is 0 Å². The van der Waals surface area contributed by atoms with Gasteiger partial charge in [-0.2, -0.15) is 5.10 Å². The molecular weight excluding hydrogens is 470 g/mol. The maximum Gasteiger partial charge on any atom is 0.240 e. The van der Waals surface area contributed by atoms with Gasteiger partial charge in [0.2, 0.25) is 10.0 Å². The highest BCUT2D eigenvalue weighted by molar-refractivity contribution is 7.89. The van der Waals surface area contributed by atoms with Crippen LogP contribution in [0.4, 0.5) is 5.82 Å². The van der Waals surface area contributed by atoms with Crippen LogP contribution < -0.4 is 10.5 Å². The summed E-state index contributed by atoms with van der Waals surface area (Å²) >= 11 is 6.15. The zero-order chi connectivity index (χ0) is 23.3. The van der Waals surface area contributed by atoms with E-state index in [9.17, 15) is 18.6 Å². The van der Waals surface area contributed by atoms with E-state index in [0.717, 1.165) is 5.39 Å². The fourth-order valence-electron chi connectivity index (χ4n) is 4.01. The number of sulfonamides is 1. The molecule has 1 aliphatic heterocycles. The van der Waals surface area contributed by atoms with E-state index in [0.29, 0.717) is 21.6 Å². The lowest BCUT2D eigenvalue weighted by Gasteiger charge is -2.16. The van der Waals surface area contributed by atoms with Gasteiger partial charge in [0.05, 0.1) is 10.6 Å². The van der Waals surface area contributed by atoms with Crippen LogP contribution in [0.25, 0.3) is 16.3 Å². The van der Waals surface area contributed by atoms with Crippen LogP contribution in [0.3, 0.4) is 0 Å². The highest BCUT2D eigenvalue weighted by Crippen LogP contribution is 2.34. The molecule has 12 heteroatoms. The molecule has 0 radical (unpaired) electrons. The lowest BCUT2D eigenvalue weighted by atomic mass is 10.1. The number of anilines is 1. The molecule has 5 N–H and O–H groups in total. The van der Waals surface area contributed by atoms with Gasteiger partial charge in [0.25, 0.3) is 0 Å². The minimum absolute atomic E-state index is 0.0478. The first-order chi connectivity index (χ1) is 15.8. The van der Waals surface area contributed by atoms with Crippen LogP contribution >= 0.6 is 11.6 Å². The molecule has 0 saturated carbocycles. The first kappa shape index (κ1) is 22.0. The summed E-state index contributed by atoms with van der Waals surface area (Å²) in [5, 5.41) is 27.1. The molecule has 5 rings (SSSR count). The Morgan fingerprint density at radius 2 is 1.97 bits per heavy atom. The molecule has 0 spiro atoms. The molecule has 1 fully saturated rings. The minimum Gasteiger partial charge on any atom is -0.388 e. The molecule has 0 amide bonds. The Bertz CT molecular complexity index is 1460. The molecule has 4 aromatic rings. The lowest BCUT2D eigenvalue weighted by Crippen LogP contribution is -2.39. The van der Waals surface area contributed by atoms with E-state index in [2.05, 4.69) is 14.8 Å². The van der Waals surface area contributed by atoms with Crippen molar-refractivity contribution in [2.24, 2.45) is 0 Å². The zero-order valence-electron chi connectivity index (χ0n) is 17.0. The van der Waals surface area contributed by atoms with Crippen LogP contribution in [0.2, 0.25) is 5.02 Å². The standard InChI is InChI=1S/C21H20ClN5O5S/c22-14-3-1-2-11-8-12(4-5-13(11)14)33(30,31)26-9-17-18(28)19(29)20(32-17)15-6-7-16-21(23)24-10-25-27(15)16/h1-8,10,17-20,26,28-29H,9H2,(H2,23,24,25)/t17-,18-,19-,20+/m1/s1. The molecular formula is C21H20ClN5O5S. The first-order valence-electron chi connectivity index (χ1n) is 10.0. The van der Waals surface area contributed by atoms with E-state index in [1.807, 2.05) is 0 Å². The zero-order valence-corrected chi connectivity index (χ0v) is 18.6. The predicted molar refractivity (Wildman–Crippen MR) is 121 cm³/mol. The number of nitrogen functional groups attached to an aromatic ring is 1. The van der Waals surface area contributed by atoms with Crippen molar-refractivity contribution in [3.8, 4) is 0 Å². The van der Waals surface area contributed by atoms with Gasteiger partial charge in [-0.1, -0.05) is 29.8 Å². The summed E-state index contributed by atoms with van der Waals surface area (Å²) in [5.41, 5.74) is 6.83. The maximum absolute atomic E-state index is 12.8. The molecule has 0 unspecified atom stereocenters. The van der Waals surface area contributed by atoms with Crippen molar-refractivity contribution >= 4 is 43.7 Å². The molecule has 4 atom stereocenters. The molecule has 172 valence electrons. The van der Waals surface area contributed by atoms with E-state index in [4.69, 9.17) is 22.1 Å². The summed E-state index contributed by atoms with van der Waals surface area (Å²) in [4.78, 5) is 3.96. The van der Waals surface area contributed by atoms with Crippen molar-refractivity contribution in [2.45, 2.75) is 29.3 Å². The van der Waals surface area contributed by atoms with Crippen LogP contribution in [0.1, 0.15) is 11.8 Å². The Balaban J connectivity index is 1.35. The van der Waals surface area contributed by atoms with Crippen LogP contribution in [0, 0.1) is 0 Å². The van der Waals surface area contributed by atoms with Gasteiger partial charge in [0, 0.05) is 17.0 Å². The van der Waals surface area contributed by atoms with Crippen molar-refractivity contribution in [1.82, 2.24) is 19.3 Å². The van der Waals surface area contributed by atoms with Gasteiger partial charge in [-0.05, 0) is 35.7 Å². The van der Waals surface area contributed by atoms with Gasteiger partial charge in [-0.25, -0.2) is 22.6 Å². The molecule has 0 aliphatic carbocycles. The van der Waals surface area contributed by atoms with Gasteiger partial charge < -0.3 is 20.7 Å². The van der Waals surface area contributed by atoms with Crippen molar-refractivity contribution < 1.29 is 23.4 Å². The summed E-state index contributed by atoms with van der Waals surface area (Å²) in [6, 6.07) is 13.2. The molecule has 33 heavy (non-hydrogen) atoms. The molecule has 3 heterocycles. The van der Waals surface area contributed by atoms with Crippen LogP contribution in [-0.2, 0) is 14.8 Å². The van der Waals surface area contributed by atoms with Crippen molar-refractivity contribution in [3.05, 3.63) is 65.6 Å². The van der Waals surface area contributed by atoms with Gasteiger partial charge in [-0.15, -0.1) is 0 Å². The topological polar surface area (TPSA) is 152 Å². The summed E-state index contributed by atoms with van der Waals surface area (Å²) in [5.74, 6) is 0.255. The van der Waals surface area contributed by atoms with E-state index in [1.54, 1.807) is 36.4 Å². The Kier molecular flexibility index (Phi) is 5.47. The third-order valence-corrected chi connectivity index (χ3v) is 7.50. The molecule has 2 aromatic heterocycles. The average Bonchev–Trinajstić information content (AvgIpc) is 3.34. The second-order valence-electron chi connectivity index (χ2n) is 7.75. The monoisotopic (exact) mass is 489 g/mol. The number of aliphatic hydroxyl groups excluding tert-OH is 2. The van der Waals surface area contributed by atoms with Crippen LogP contribution in [0.15, 0.2) is 59.8 Å². The number of ether oxygens (including phenoxy) is 1. The number of nitrogens with two attached hydrogens (primary N) is 1. The van der Waals surface area contributed by atoms with Gasteiger partial charge in [0.15, 0.2) is 5.82 Å². The van der Waals surface area contributed by atoms with E-state index in [-0.39, 0.29) is 17.3 Å². The maximum atomic E-state index is 12.8. The molecule has 1 saturated heterocycles. The molecule has 2 aromatic carbocycles. The SMILES string of the molecule is Nc1ncnn2c([C@@H]3O[C@H](CNS(=O)(=O)c4ccc5c(Cl)cccc5c4)[C@@H](O)[C@H]3O)ccc12. The second kappa shape index (κ2) is 8.20. The van der Waals surface area contributed by atoms with E-state index < -0.39 is 34.4 Å². The Hall–Kier alpha value is -2.80. The Morgan fingerprint density at radius 3 is 2.79 bits per heavy atom. The smallest absolute Gasteiger partial charge is 0.240 e. The normalized spacial score (nSPS) is 23.5. The third-order valence-electron chi connectivity index (χ3n) is 5.75. The van der Waals surface area contributed by atoms with E-state index >= 15 is 0 Å². The fraction of sp³-hybridized carbons (Fsp3) is 0.238. The predicted octanol–water partition coefficient (Wildman–Crippen LogP) is 1.26. The van der Waals surface area contributed by atoms with Gasteiger partial charge in [-0.3, -0.25) is 0 Å². The van der Waals surface area contributed by atoms with Crippen molar-refractivity contribution in [2.75, 3.05) is 12.3 Å². The number of benzene rings is 2. The second-order valence-corrected chi connectivity index (χ2v) is 9.93. The molecule has 10 nitrogen and oxygen atoms in total. The van der Waals surface area contributed by atoms with Crippen LogP contribution in [-0.4, -0.2) is 58.1 Å². The number of halogens is 1. The average molecular weight is 490 g/mol. The van der Waals surface area contributed by atoms with Crippen molar-refractivity contribution in [1.29, 1.82) is 0 Å². The third kappa shape index (κ3) is 3.82. The van der Waals surface area contributed by atoms with Crippen LogP contribution in [0.5, 0.6) is 0 Å². The molecule has 0 bridgehead atoms. The van der Waals surface area contributed by atoms with E-state index in [1.165, 1.54) is 23.0 Å². The van der Waals surface area contributed by atoms with Gasteiger partial charge in [0.1, 0.15) is 36.3 Å². The number of aromatic nitrogens is 3. The highest BCUT2D eigenvalue weighted by Gasteiger charge is 2.45.